The van der Waals surface area contributed by atoms with Gasteiger partial charge in [0, 0.05) is 19.1 Å². The third kappa shape index (κ3) is 4.45. The van der Waals surface area contributed by atoms with E-state index >= 15 is 0 Å². The monoisotopic (exact) mass is 311 g/mol. The van der Waals surface area contributed by atoms with Gasteiger partial charge in [-0.2, -0.15) is 0 Å². The van der Waals surface area contributed by atoms with Gasteiger partial charge in [0.15, 0.2) is 0 Å². The number of hydrogen-bond acceptors (Lipinski definition) is 5. The standard InChI is InChI=1S/C17H29NO4/c1-3-21-16(19)13-10-14(17(20)22-4-2)12-18(11-13)15-8-6-5-7-9-15/h13-15H,3-12H2,1-2H3. The first-order valence-corrected chi connectivity index (χ1v) is 8.73. The fourth-order valence-corrected chi connectivity index (χ4v) is 3.74. The van der Waals surface area contributed by atoms with E-state index in [0.29, 0.717) is 25.7 Å². The molecule has 2 fully saturated rings. The zero-order valence-corrected chi connectivity index (χ0v) is 13.9. The van der Waals surface area contributed by atoms with E-state index in [0.717, 1.165) is 13.1 Å². The van der Waals surface area contributed by atoms with Gasteiger partial charge < -0.3 is 9.47 Å². The lowest BCUT2D eigenvalue weighted by Crippen LogP contribution is -2.50. The predicted octanol–water partition coefficient (Wildman–Crippen LogP) is 2.38. The van der Waals surface area contributed by atoms with Gasteiger partial charge in [-0.3, -0.25) is 14.5 Å². The molecular weight excluding hydrogens is 282 g/mol. The Morgan fingerprint density at radius 3 is 1.86 bits per heavy atom. The number of likely N-dealkylation sites (tertiary alicyclic amines) is 1. The molecule has 0 aromatic heterocycles. The van der Waals surface area contributed by atoms with E-state index in [9.17, 15) is 9.59 Å². The van der Waals surface area contributed by atoms with E-state index in [-0.39, 0.29) is 23.8 Å². The van der Waals surface area contributed by atoms with Crippen LogP contribution in [0.25, 0.3) is 0 Å². The van der Waals surface area contributed by atoms with Crippen LogP contribution in [0.2, 0.25) is 0 Å². The summed E-state index contributed by atoms with van der Waals surface area (Å²) in [5.41, 5.74) is 0. The van der Waals surface area contributed by atoms with E-state index in [1.165, 1.54) is 32.1 Å². The zero-order valence-electron chi connectivity index (χ0n) is 13.9. The van der Waals surface area contributed by atoms with E-state index in [2.05, 4.69) is 4.90 Å². The largest absolute Gasteiger partial charge is 0.466 e. The van der Waals surface area contributed by atoms with E-state index in [1.807, 2.05) is 13.8 Å². The van der Waals surface area contributed by atoms with Crippen LogP contribution in [0.3, 0.4) is 0 Å². The van der Waals surface area contributed by atoms with Crippen molar-refractivity contribution in [3.05, 3.63) is 0 Å². The first kappa shape index (κ1) is 17.3. The summed E-state index contributed by atoms with van der Waals surface area (Å²) in [6, 6.07) is 0.503. The van der Waals surface area contributed by atoms with E-state index in [4.69, 9.17) is 9.47 Å². The van der Waals surface area contributed by atoms with E-state index < -0.39 is 0 Å². The Hall–Kier alpha value is -1.10. The number of carbonyl (C=O) groups is 2. The summed E-state index contributed by atoms with van der Waals surface area (Å²) >= 11 is 0. The van der Waals surface area contributed by atoms with Crippen molar-refractivity contribution in [1.82, 2.24) is 4.90 Å². The van der Waals surface area contributed by atoms with Crippen LogP contribution in [-0.4, -0.2) is 49.2 Å². The highest BCUT2D eigenvalue weighted by Crippen LogP contribution is 2.30. The maximum atomic E-state index is 12.2. The predicted molar refractivity (Wildman–Crippen MR) is 83.3 cm³/mol. The minimum Gasteiger partial charge on any atom is -0.466 e. The van der Waals surface area contributed by atoms with Crippen molar-refractivity contribution in [2.75, 3.05) is 26.3 Å². The molecule has 0 radical (unpaired) electrons. The maximum Gasteiger partial charge on any atom is 0.310 e. The van der Waals surface area contributed by atoms with Crippen LogP contribution >= 0.6 is 0 Å². The van der Waals surface area contributed by atoms with Gasteiger partial charge in [0.05, 0.1) is 25.0 Å². The van der Waals surface area contributed by atoms with Crippen LogP contribution in [0.15, 0.2) is 0 Å². The van der Waals surface area contributed by atoms with Crippen molar-refractivity contribution >= 4 is 11.9 Å². The van der Waals surface area contributed by atoms with Gasteiger partial charge in [0.2, 0.25) is 0 Å². The molecule has 126 valence electrons. The quantitative estimate of drug-likeness (QED) is 0.730. The van der Waals surface area contributed by atoms with Gasteiger partial charge in [-0.15, -0.1) is 0 Å². The van der Waals surface area contributed by atoms with Gasteiger partial charge in [-0.25, -0.2) is 0 Å². The average Bonchev–Trinajstić information content (AvgIpc) is 2.55. The summed E-state index contributed by atoms with van der Waals surface area (Å²) in [4.78, 5) is 26.6. The lowest BCUT2D eigenvalue weighted by Gasteiger charge is -2.41. The second-order valence-corrected chi connectivity index (χ2v) is 6.38. The lowest BCUT2D eigenvalue weighted by molar-refractivity contribution is -0.157. The number of esters is 2. The first-order valence-electron chi connectivity index (χ1n) is 8.73. The molecule has 0 N–H and O–H groups in total. The minimum atomic E-state index is -0.204. The molecule has 2 unspecified atom stereocenters. The lowest BCUT2D eigenvalue weighted by atomic mass is 9.85. The Labute approximate surface area is 133 Å². The Morgan fingerprint density at radius 2 is 1.41 bits per heavy atom. The Morgan fingerprint density at radius 1 is 0.909 bits per heavy atom. The summed E-state index contributed by atoms with van der Waals surface area (Å²) < 4.78 is 10.4. The van der Waals surface area contributed by atoms with Crippen molar-refractivity contribution < 1.29 is 19.1 Å². The van der Waals surface area contributed by atoms with Crippen molar-refractivity contribution in [3.63, 3.8) is 0 Å². The summed E-state index contributed by atoms with van der Waals surface area (Å²) in [5, 5.41) is 0. The average molecular weight is 311 g/mol. The van der Waals surface area contributed by atoms with Gasteiger partial charge >= 0.3 is 11.9 Å². The molecular formula is C17H29NO4. The Kier molecular flexibility index (Phi) is 6.68. The highest BCUT2D eigenvalue weighted by molar-refractivity contribution is 5.77. The molecule has 2 aliphatic rings. The smallest absolute Gasteiger partial charge is 0.310 e. The maximum absolute atomic E-state index is 12.2. The number of carbonyl (C=O) groups excluding carboxylic acids is 2. The van der Waals surface area contributed by atoms with Crippen LogP contribution in [-0.2, 0) is 19.1 Å². The molecule has 1 heterocycles. The molecule has 2 rings (SSSR count). The second-order valence-electron chi connectivity index (χ2n) is 6.38. The molecule has 0 bridgehead atoms. The second kappa shape index (κ2) is 8.51. The Balaban J connectivity index is 2.04. The van der Waals surface area contributed by atoms with Crippen LogP contribution in [0, 0.1) is 11.8 Å². The molecule has 0 aromatic carbocycles. The fraction of sp³-hybridized carbons (Fsp3) is 0.882. The third-order valence-electron chi connectivity index (χ3n) is 4.81. The minimum absolute atomic E-state index is 0.169. The molecule has 0 aromatic rings. The van der Waals surface area contributed by atoms with Crippen molar-refractivity contribution in [2.24, 2.45) is 11.8 Å². The number of rotatable bonds is 5. The highest BCUT2D eigenvalue weighted by atomic mass is 16.5. The molecule has 0 spiro atoms. The molecule has 1 aliphatic heterocycles. The molecule has 1 aliphatic carbocycles. The zero-order chi connectivity index (χ0) is 15.9. The van der Waals surface area contributed by atoms with Crippen molar-refractivity contribution in [2.45, 2.75) is 58.4 Å². The normalized spacial score (nSPS) is 27.4. The van der Waals surface area contributed by atoms with Crippen LogP contribution in [0.5, 0.6) is 0 Å². The molecule has 2 atom stereocenters. The molecule has 22 heavy (non-hydrogen) atoms. The van der Waals surface area contributed by atoms with Crippen LogP contribution < -0.4 is 0 Å². The SMILES string of the molecule is CCOC(=O)C1CC(C(=O)OCC)CN(C2CCCCC2)C1. The van der Waals surface area contributed by atoms with Gasteiger partial charge in [-0.05, 0) is 33.1 Å². The summed E-state index contributed by atoms with van der Waals surface area (Å²) in [7, 11) is 0. The fourth-order valence-electron chi connectivity index (χ4n) is 3.74. The molecule has 1 saturated heterocycles. The number of nitrogens with zero attached hydrogens (tertiary/aromatic N) is 1. The van der Waals surface area contributed by atoms with E-state index in [1.54, 1.807) is 0 Å². The Bertz CT molecular complexity index is 353. The topological polar surface area (TPSA) is 55.8 Å². The molecule has 5 heteroatoms. The van der Waals surface area contributed by atoms with Crippen molar-refractivity contribution in [1.29, 1.82) is 0 Å². The van der Waals surface area contributed by atoms with Gasteiger partial charge in [0.25, 0.3) is 0 Å². The van der Waals surface area contributed by atoms with Crippen LogP contribution in [0.1, 0.15) is 52.4 Å². The number of piperidine rings is 1. The highest BCUT2D eigenvalue weighted by Gasteiger charge is 2.39. The summed E-state index contributed by atoms with van der Waals surface area (Å²) in [5.74, 6) is -0.746. The van der Waals surface area contributed by atoms with Gasteiger partial charge in [0.1, 0.15) is 0 Å². The van der Waals surface area contributed by atoms with Crippen LogP contribution in [0.4, 0.5) is 0 Å². The first-order chi connectivity index (χ1) is 10.7. The third-order valence-corrected chi connectivity index (χ3v) is 4.81. The number of hydrogen-bond donors (Lipinski definition) is 0. The summed E-state index contributed by atoms with van der Waals surface area (Å²) in [6.07, 6.45) is 6.69. The molecule has 0 amide bonds. The summed E-state index contributed by atoms with van der Waals surface area (Å²) in [6.45, 7) is 5.87. The van der Waals surface area contributed by atoms with Gasteiger partial charge in [-0.1, -0.05) is 19.3 Å². The molecule has 1 saturated carbocycles. The molecule has 5 nitrogen and oxygen atoms in total. The number of ether oxygens (including phenoxy) is 2. The van der Waals surface area contributed by atoms with Crippen molar-refractivity contribution in [3.8, 4) is 0 Å².